The Morgan fingerprint density at radius 1 is 0.878 bits per heavy atom. The summed E-state index contributed by atoms with van der Waals surface area (Å²) in [6.07, 6.45) is 0. The molecule has 0 bridgehead atoms. The molecule has 2 aromatic heterocycles. The van der Waals surface area contributed by atoms with Gasteiger partial charge in [-0.3, -0.25) is 14.4 Å². The second-order valence-electron chi connectivity index (χ2n) is 12.6. The molecule has 0 aliphatic carbocycles. The summed E-state index contributed by atoms with van der Waals surface area (Å²) in [5.41, 5.74) is 4.63. The summed E-state index contributed by atoms with van der Waals surface area (Å²) in [6, 6.07) is 26.6. The Morgan fingerprint density at radius 3 is 2.31 bits per heavy atom. The number of fused-ring (bicyclic) bond motifs is 1. The summed E-state index contributed by atoms with van der Waals surface area (Å²) in [5.74, 6) is -1.47. The highest BCUT2D eigenvalue weighted by Gasteiger charge is 2.28. The molecule has 6 aromatic rings. The van der Waals surface area contributed by atoms with Gasteiger partial charge in [0.2, 0.25) is 5.91 Å². The molecule has 0 saturated carbocycles. The number of nitrogens with zero attached hydrogens (tertiary/aromatic N) is 3. The minimum atomic E-state index is -0.974. The molecule has 6 rings (SSSR count). The number of hydrogen-bond acceptors (Lipinski definition) is 7. The maximum absolute atomic E-state index is 13.7. The van der Waals surface area contributed by atoms with E-state index in [0.29, 0.717) is 27.0 Å². The summed E-state index contributed by atoms with van der Waals surface area (Å²) in [4.78, 5) is 51.5. The van der Waals surface area contributed by atoms with Crippen LogP contribution in [0.2, 0.25) is 0 Å². The van der Waals surface area contributed by atoms with E-state index in [1.807, 2.05) is 29.6 Å². The molecular formula is C38H34FN5O3S2. The first-order valence-corrected chi connectivity index (χ1v) is 17.3. The lowest BCUT2D eigenvalue weighted by molar-refractivity contribution is -0.132. The van der Waals surface area contributed by atoms with E-state index in [2.05, 4.69) is 36.4 Å². The Bertz CT molecular complexity index is 2140. The number of hydrogen-bond donors (Lipinski definition) is 2. The van der Waals surface area contributed by atoms with Gasteiger partial charge in [0.1, 0.15) is 16.9 Å². The predicted molar refractivity (Wildman–Crippen MR) is 193 cm³/mol. The zero-order valence-corrected chi connectivity index (χ0v) is 29.0. The van der Waals surface area contributed by atoms with Gasteiger partial charge in [-0.1, -0.05) is 81.4 Å². The van der Waals surface area contributed by atoms with Crippen molar-refractivity contribution in [1.29, 1.82) is 0 Å². The fourth-order valence-electron chi connectivity index (χ4n) is 5.20. The largest absolute Gasteiger partial charge is 0.339 e. The molecule has 4 aromatic carbocycles. The van der Waals surface area contributed by atoms with Gasteiger partial charge in [-0.05, 0) is 47.5 Å². The van der Waals surface area contributed by atoms with Gasteiger partial charge in [0, 0.05) is 41.2 Å². The molecule has 0 aliphatic rings. The molecule has 3 amide bonds. The fraction of sp³-hybridized carbons (Fsp3) is 0.184. The van der Waals surface area contributed by atoms with E-state index in [0.717, 1.165) is 21.8 Å². The van der Waals surface area contributed by atoms with E-state index in [-0.39, 0.29) is 34.6 Å². The first kappa shape index (κ1) is 33.6. The quantitative estimate of drug-likeness (QED) is 0.159. The Labute approximate surface area is 291 Å². The van der Waals surface area contributed by atoms with Crippen molar-refractivity contribution in [2.45, 2.75) is 38.8 Å². The molecule has 0 radical (unpaired) electrons. The number of halogens is 1. The van der Waals surface area contributed by atoms with Gasteiger partial charge in [0.25, 0.3) is 11.8 Å². The molecule has 1 atom stereocenters. The lowest BCUT2D eigenvalue weighted by Gasteiger charge is -2.25. The van der Waals surface area contributed by atoms with E-state index in [1.54, 1.807) is 67.7 Å². The van der Waals surface area contributed by atoms with Crippen molar-refractivity contribution in [1.82, 2.24) is 20.2 Å². The molecule has 2 heterocycles. The van der Waals surface area contributed by atoms with Crippen LogP contribution in [0.3, 0.4) is 0 Å². The van der Waals surface area contributed by atoms with Crippen LogP contribution in [0, 0.1) is 5.82 Å². The van der Waals surface area contributed by atoms with Gasteiger partial charge < -0.3 is 15.5 Å². The van der Waals surface area contributed by atoms with Crippen LogP contribution in [0.4, 0.5) is 10.1 Å². The summed E-state index contributed by atoms with van der Waals surface area (Å²) in [7, 11) is 1.64. The number of carbonyl (C=O) groups excluding carboxylic acids is 3. The third-order valence-electron chi connectivity index (χ3n) is 7.88. The van der Waals surface area contributed by atoms with Crippen molar-refractivity contribution in [3.63, 3.8) is 0 Å². The van der Waals surface area contributed by atoms with Crippen molar-refractivity contribution < 1.29 is 18.8 Å². The molecule has 0 fully saturated rings. The monoisotopic (exact) mass is 691 g/mol. The number of nitrogens with one attached hydrogen (secondary N) is 2. The predicted octanol–water partition coefficient (Wildman–Crippen LogP) is 8.24. The maximum atomic E-state index is 13.7. The standard InChI is InChI=1S/C38H34FN5O3S2/c1-38(2,3)31-22-48-35(42-31)28-13-9-8-12-27(28)33(45)40-26-18-19-29-30(20-26)49-36(41-29)34(46)43-32(24-10-6-5-7-11-24)37(47)44(4)21-23-14-16-25(39)17-15-23/h5-20,22,32H,21H2,1-4H3,(H,40,45)(H,43,46). The Balaban J connectivity index is 1.19. The molecule has 0 saturated heterocycles. The average molecular weight is 692 g/mol. The van der Waals surface area contributed by atoms with Crippen molar-refractivity contribution >= 4 is 56.3 Å². The third-order valence-corrected chi connectivity index (χ3v) is 9.77. The number of aromatic nitrogens is 2. The van der Waals surface area contributed by atoms with Crippen LogP contribution in [0.15, 0.2) is 102 Å². The van der Waals surface area contributed by atoms with Crippen LogP contribution < -0.4 is 10.6 Å². The van der Waals surface area contributed by atoms with Gasteiger partial charge in [0.15, 0.2) is 5.01 Å². The number of amides is 3. The third kappa shape index (κ3) is 7.74. The topological polar surface area (TPSA) is 104 Å². The minimum absolute atomic E-state index is 0.106. The van der Waals surface area contributed by atoms with Crippen LogP contribution in [0.5, 0.6) is 0 Å². The van der Waals surface area contributed by atoms with Gasteiger partial charge in [-0.15, -0.1) is 22.7 Å². The van der Waals surface area contributed by atoms with Crippen LogP contribution >= 0.6 is 22.7 Å². The van der Waals surface area contributed by atoms with Gasteiger partial charge >= 0.3 is 0 Å². The number of thiazole rings is 2. The Hall–Kier alpha value is -5.26. The van der Waals surface area contributed by atoms with Gasteiger partial charge in [-0.25, -0.2) is 14.4 Å². The number of carbonyl (C=O) groups is 3. The molecule has 0 spiro atoms. The molecule has 8 nitrogen and oxygen atoms in total. The second kappa shape index (κ2) is 14.1. The highest BCUT2D eigenvalue weighted by atomic mass is 32.1. The highest BCUT2D eigenvalue weighted by molar-refractivity contribution is 7.20. The Morgan fingerprint density at radius 2 is 1.59 bits per heavy atom. The van der Waals surface area contributed by atoms with Gasteiger partial charge in [-0.2, -0.15) is 0 Å². The molecular weight excluding hydrogens is 658 g/mol. The summed E-state index contributed by atoms with van der Waals surface area (Å²) in [6.45, 7) is 6.55. The smallest absolute Gasteiger partial charge is 0.281 e. The van der Waals surface area contributed by atoms with Crippen LogP contribution in [0.1, 0.15) is 63.8 Å². The van der Waals surface area contributed by atoms with Crippen molar-refractivity contribution in [2.24, 2.45) is 0 Å². The first-order valence-electron chi connectivity index (χ1n) is 15.6. The molecule has 0 aliphatic heterocycles. The average Bonchev–Trinajstić information content (AvgIpc) is 3.77. The van der Waals surface area contributed by atoms with Crippen molar-refractivity contribution in [2.75, 3.05) is 12.4 Å². The van der Waals surface area contributed by atoms with Crippen LogP contribution in [-0.4, -0.2) is 39.6 Å². The fourth-order valence-corrected chi connectivity index (χ4v) is 7.19. The second-order valence-corrected chi connectivity index (χ2v) is 14.5. The SMILES string of the molecule is CN(Cc1ccc(F)cc1)C(=O)C(NC(=O)c1nc2ccc(NC(=O)c3ccccc3-c3nc(C(C)(C)C)cs3)cc2s1)c1ccccc1. The number of anilines is 1. The molecule has 11 heteroatoms. The minimum Gasteiger partial charge on any atom is -0.339 e. The van der Waals surface area contributed by atoms with Crippen LogP contribution in [-0.2, 0) is 16.8 Å². The van der Waals surface area contributed by atoms with E-state index >= 15 is 0 Å². The van der Waals surface area contributed by atoms with E-state index < -0.39 is 11.9 Å². The molecule has 1 unspecified atom stereocenters. The van der Waals surface area contributed by atoms with Gasteiger partial charge in [0.05, 0.1) is 15.9 Å². The summed E-state index contributed by atoms with van der Waals surface area (Å²) in [5, 5.41) is 8.84. The van der Waals surface area contributed by atoms with Crippen LogP contribution in [0.25, 0.3) is 20.8 Å². The zero-order chi connectivity index (χ0) is 34.7. The van der Waals surface area contributed by atoms with Crippen molar-refractivity contribution in [3.8, 4) is 10.6 Å². The highest BCUT2D eigenvalue weighted by Crippen LogP contribution is 2.33. The summed E-state index contributed by atoms with van der Waals surface area (Å²) < 4.78 is 14.1. The number of likely N-dealkylation sites (N-methyl/N-ethyl adjacent to an activating group) is 1. The summed E-state index contributed by atoms with van der Waals surface area (Å²) >= 11 is 2.67. The van der Waals surface area contributed by atoms with E-state index in [9.17, 15) is 18.8 Å². The first-order chi connectivity index (χ1) is 23.5. The normalized spacial score (nSPS) is 12.0. The van der Waals surface area contributed by atoms with E-state index in [4.69, 9.17) is 4.98 Å². The van der Waals surface area contributed by atoms with E-state index in [1.165, 1.54) is 39.7 Å². The Kier molecular flexibility index (Phi) is 9.66. The number of rotatable bonds is 9. The molecule has 49 heavy (non-hydrogen) atoms. The molecule has 248 valence electrons. The maximum Gasteiger partial charge on any atom is 0.281 e. The zero-order valence-electron chi connectivity index (χ0n) is 27.4. The number of benzene rings is 4. The lowest BCUT2D eigenvalue weighted by atomic mass is 9.93. The molecule has 2 N–H and O–H groups in total. The lowest BCUT2D eigenvalue weighted by Crippen LogP contribution is -2.41. The van der Waals surface area contributed by atoms with Crippen molar-refractivity contribution in [3.05, 3.63) is 136 Å².